The summed E-state index contributed by atoms with van der Waals surface area (Å²) in [5.74, 6) is 0.625. The number of pyridine rings is 1. The first-order valence-electron chi connectivity index (χ1n) is 6.15. The van der Waals surface area contributed by atoms with Crippen LogP contribution in [-0.2, 0) is 6.42 Å². The minimum absolute atomic E-state index is 0.0679. The van der Waals surface area contributed by atoms with Gasteiger partial charge in [-0.05, 0) is 47.9 Å². The van der Waals surface area contributed by atoms with Crippen LogP contribution in [0.2, 0.25) is 0 Å². The van der Waals surface area contributed by atoms with Crippen LogP contribution in [-0.4, -0.2) is 24.0 Å². The van der Waals surface area contributed by atoms with Gasteiger partial charge in [0.15, 0.2) is 0 Å². The fraction of sp³-hybridized carbons (Fsp3) is 0.286. The summed E-state index contributed by atoms with van der Waals surface area (Å²) >= 11 is 1.67. The van der Waals surface area contributed by atoms with E-state index >= 15 is 0 Å². The van der Waals surface area contributed by atoms with Crippen molar-refractivity contribution in [2.75, 3.05) is 12.4 Å². The van der Waals surface area contributed by atoms with Gasteiger partial charge in [-0.3, -0.25) is 4.79 Å². The molecule has 0 fully saturated rings. The van der Waals surface area contributed by atoms with Crippen molar-refractivity contribution in [1.29, 1.82) is 0 Å². The number of amides is 1. The van der Waals surface area contributed by atoms with Crippen molar-refractivity contribution in [2.24, 2.45) is 0 Å². The number of nitrogens with zero attached hydrogens (tertiary/aromatic N) is 1. The molecule has 2 rings (SSSR count). The number of carbonyl (C=O) groups excluding carboxylic acids is 1. The van der Waals surface area contributed by atoms with Gasteiger partial charge in [0.2, 0.25) is 0 Å². The van der Waals surface area contributed by atoms with Crippen LogP contribution in [0.25, 0.3) is 0 Å². The van der Waals surface area contributed by atoms with Crippen LogP contribution in [0.15, 0.2) is 35.2 Å². The Labute approximate surface area is 116 Å². The largest absolute Gasteiger partial charge is 0.373 e. The first kappa shape index (κ1) is 13.5. The molecule has 0 aliphatic rings. The number of carbonyl (C=O) groups is 1. The Morgan fingerprint density at radius 1 is 1.47 bits per heavy atom. The Morgan fingerprint density at radius 2 is 2.32 bits per heavy atom. The topological polar surface area (TPSA) is 54.0 Å². The van der Waals surface area contributed by atoms with E-state index in [1.54, 1.807) is 36.7 Å². The molecule has 0 saturated heterocycles. The fourth-order valence-corrected chi connectivity index (χ4v) is 2.51. The summed E-state index contributed by atoms with van der Waals surface area (Å²) in [6.07, 6.45) is 2.48. The van der Waals surface area contributed by atoms with Gasteiger partial charge in [0, 0.05) is 24.8 Å². The molecule has 0 aromatic carbocycles. The number of anilines is 1. The van der Waals surface area contributed by atoms with Crippen LogP contribution < -0.4 is 10.6 Å². The molecule has 5 heteroatoms. The van der Waals surface area contributed by atoms with E-state index in [0.29, 0.717) is 11.4 Å². The molecule has 100 valence electrons. The summed E-state index contributed by atoms with van der Waals surface area (Å²) in [6, 6.07) is 5.65. The van der Waals surface area contributed by atoms with Gasteiger partial charge in [-0.15, -0.1) is 0 Å². The lowest BCUT2D eigenvalue weighted by Gasteiger charge is -2.13. The third-order valence-electron chi connectivity index (χ3n) is 2.78. The van der Waals surface area contributed by atoms with Crippen molar-refractivity contribution in [3.8, 4) is 0 Å². The zero-order valence-corrected chi connectivity index (χ0v) is 11.8. The lowest BCUT2D eigenvalue weighted by molar-refractivity contribution is 0.0940. The second-order valence-corrected chi connectivity index (χ2v) is 5.17. The normalized spacial score (nSPS) is 11.9. The first-order valence-corrected chi connectivity index (χ1v) is 7.09. The van der Waals surface area contributed by atoms with Crippen LogP contribution >= 0.6 is 11.3 Å². The molecule has 0 aliphatic carbocycles. The smallest absolute Gasteiger partial charge is 0.251 e. The molecule has 2 N–H and O–H groups in total. The quantitative estimate of drug-likeness (QED) is 0.881. The molecule has 2 aromatic heterocycles. The Hall–Kier alpha value is -1.88. The third kappa shape index (κ3) is 3.79. The highest BCUT2D eigenvalue weighted by molar-refractivity contribution is 7.07. The molecule has 0 saturated carbocycles. The molecule has 0 radical (unpaired) electrons. The Balaban J connectivity index is 1.96. The van der Waals surface area contributed by atoms with Crippen LogP contribution in [0, 0.1) is 0 Å². The summed E-state index contributed by atoms with van der Waals surface area (Å²) in [5, 5.41) is 10.1. The molecule has 2 aromatic rings. The van der Waals surface area contributed by atoms with Gasteiger partial charge in [-0.1, -0.05) is 0 Å². The van der Waals surface area contributed by atoms with Crippen molar-refractivity contribution in [3.05, 3.63) is 46.3 Å². The molecule has 19 heavy (non-hydrogen) atoms. The minimum atomic E-state index is -0.0679. The van der Waals surface area contributed by atoms with Crippen LogP contribution in [0.5, 0.6) is 0 Å². The van der Waals surface area contributed by atoms with E-state index in [4.69, 9.17) is 0 Å². The summed E-state index contributed by atoms with van der Waals surface area (Å²) in [6.45, 7) is 2.01. The van der Waals surface area contributed by atoms with Gasteiger partial charge in [0.25, 0.3) is 5.91 Å². The number of nitrogens with one attached hydrogen (secondary N) is 2. The summed E-state index contributed by atoms with van der Waals surface area (Å²) in [7, 11) is 1.78. The van der Waals surface area contributed by atoms with Gasteiger partial charge in [-0.2, -0.15) is 11.3 Å². The number of aromatic nitrogens is 1. The third-order valence-corrected chi connectivity index (χ3v) is 3.51. The Morgan fingerprint density at radius 3 is 3.00 bits per heavy atom. The molecule has 2 heterocycles. The number of hydrogen-bond donors (Lipinski definition) is 2. The maximum Gasteiger partial charge on any atom is 0.251 e. The monoisotopic (exact) mass is 275 g/mol. The maximum absolute atomic E-state index is 12.1. The van der Waals surface area contributed by atoms with Gasteiger partial charge in [-0.25, -0.2) is 4.98 Å². The van der Waals surface area contributed by atoms with Crippen molar-refractivity contribution < 1.29 is 4.79 Å². The van der Waals surface area contributed by atoms with Crippen LogP contribution in [0.3, 0.4) is 0 Å². The highest BCUT2D eigenvalue weighted by Crippen LogP contribution is 2.10. The lowest BCUT2D eigenvalue weighted by atomic mass is 10.1. The SMILES string of the molecule is CNc1cc(C(=O)NC(C)Cc2ccsc2)ccn1. The summed E-state index contributed by atoms with van der Waals surface area (Å²) < 4.78 is 0. The van der Waals surface area contributed by atoms with E-state index in [9.17, 15) is 4.79 Å². The second kappa shape index (κ2) is 6.33. The molecule has 0 spiro atoms. The molecule has 1 amide bonds. The molecule has 0 bridgehead atoms. The predicted octanol–water partition coefficient (Wildman–Crippen LogP) is 2.55. The van der Waals surface area contributed by atoms with Crippen LogP contribution in [0.4, 0.5) is 5.82 Å². The number of rotatable bonds is 5. The molecule has 4 nitrogen and oxygen atoms in total. The van der Waals surface area contributed by atoms with E-state index in [0.717, 1.165) is 6.42 Å². The molecule has 1 atom stereocenters. The van der Waals surface area contributed by atoms with E-state index in [-0.39, 0.29) is 11.9 Å². The molecule has 0 aliphatic heterocycles. The highest BCUT2D eigenvalue weighted by Gasteiger charge is 2.11. The molecular weight excluding hydrogens is 258 g/mol. The molecule has 1 unspecified atom stereocenters. The van der Waals surface area contributed by atoms with E-state index in [1.165, 1.54) is 5.56 Å². The van der Waals surface area contributed by atoms with Crippen LogP contribution in [0.1, 0.15) is 22.8 Å². The lowest BCUT2D eigenvalue weighted by Crippen LogP contribution is -2.34. The Bertz CT molecular complexity index is 539. The first-order chi connectivity index (χ1) is 9.19. The Kier molecular flexibility index (Phi) is 4.52. The maximum atomic E-state index is 12.1. The standard InChI is InChI=1S/C14H17N3OS/c1-10(7-11-4-6-19-9-11)17-14(18)12-3-5-16-13(8-12)15-2/h3-6,8-10H,7H2,1-2H3,(H,15,16)(H,17,18). The van der Waals surface area contributed by atoms with E-state index in [1.807, 2.05) is 12.3 Å². The second-order valence-electron chi connectivity index (χ2n) is 4.39. The molecular formula is C14H17N3OS. The number of thiophene rings is 1. The van der Waals surface area contributed by atoms with Gasteiger partial charge >= 0.3 is 0 Å². The highest BCUT2D eigenvalue weighted by atomic mass is 32.1. The zero-order chi connectivity index (χ0) is 13.7. The average molecular weight is 275 g/mol. The van der Waals surface area contributed by atoms with Gasteiger partial charge < -0.3 is 10.6 Å². The summed E-state index contributed by atoms with van der Waals surface area (Å²) in [4.78, 5) is 16.2. The minimum Gasteiger partial charge on any atom is -0.373 e. The zero-order valence-electron chi connectivity index (χ0n) is 11.0. The van der Waals surface area contributed by atoms with Gasteiger partial charge in [0.1, 0.15) is 5.82 Å². The van der Waals surface area contributed by atoms with E-state index in [2.05, 4.69) is 27.1 Å². The van der Waals surface area contributed by atoms with Crippen molar-refractivity contribution in [1.82, 2.24) is 10.3 Å². The van der Waals surface area contributed by atoms with E-state index < -0.39 is 0 Å². The average Bonchev–Trinajstić information content (AvgIpc) is 2.91. The summed E-state index contributed by atoms with van der Waals surface area (Å²) in [5.41, 5.74) is 1.87. The van der Waals surface area contributed by atoms with Crippen molar-refractivity contribution in [2.45, 2.75) is 19.4 Å². The predicted molar refractivity (Wildman–Crippen MR) is 78.7 cm³/mol. The van der Waals surface area contributed by atoms with Gasteiger partial charge in [0.05, 0.1) is 0 Å². The van der Waals surface area contributed by atoms with Crippen molar-refractivity contribution in [3.63, 3.8) is 0 Å². The van der Waals surface area contributed by atoms with Crippen molar-refractivity contribution >= 4 is 23.1 Å². The number of hydrogen-bond acceptors (Lipinski definition) is 4. The fourth-order valence-electron chi connectivity index (χ4n) is 1.83.